The van der Waals surface area contributed by atoms with Crippen LogP contribution in [0.25, 0.3) is 0 Å². The SMILES string of the molecule is COC(=O)CCC1=C(CC(=O)OC)C(Cc2[nH]c(C(=O)OCC(Br)(Br)Br)c(CCC(=O)OC)c2CC(=O)OC)(Cc2[nH]c(C(=O)OCc3ccccc3)c(CC(=O)OC)c2CCC(=O)OC)N=C1[Se]c1ccccc1. The number of aromatic nitrogens is 2. The van der Waals surface area contributed by atoms with Crippen molar-refractivity contribution in [1.29, 1.82) is 0 Å². The monoisotopic (exact) mass is 1300 g/mol. The maximum atomic E-state index is 14.4. The van der Waals surface area contributed by atoms with Crippen LogP contribution in [0.4, 0.5) is 0 Å². The zero-order chi connectivity index (χ0) is 54.9. The summed E-state index contributed by atoms with van der Waals surface area (Å²) in [5, 5.41) is 0. The molecule has 1 aliphatic heterocycles. The van der Waals surface area contributed by atoms with E-state index < -0.39 is 89.7 Å². The van der Waals surface area contributed by atoms with E-state index in [-0.39, 0.29) is 104 Å². The van der Waals surface area contributed by atoms with Crippen LogP contribution in [0.3, 0.4) is 0 Å². The molecule has 402 valence electrons. The van der Waals surface area contributed by atoms with Gasteiger partial charge in [-0.3, -0.25) is 0 Å². The number of hydrogen-bond acceptors (Lipinski definition) is 17. The first-order valence-corrected chi connectivity index (χ1v) is 27.2. The molecule has 5 rings (SSSR count). The molecule has 0 radical (unpaired) electrons. The Bertz CT molecular complexity index is 2800. The van der Waals surface area contributed by atoms with Crippen molar-refractivity contribution in [3.05, 3.63) is 122 Å². The second kappa shape index (κ2) is 28.3. The van der Waals surface area contributed by atoms with Crippen LogP contribution in [0.1, 0.15) is 92.3 Å². The Morgan fingerprint density at radius 2 is 1.00 bits per heavy atom. The molecule has 0 aliphatic carbocycles. The summed E-state index contributed by atoms with van der Waals surface area (Å²) in [5.74, 6) is -5.59. The van der Waals surface area contributed by atoms with Crippen molar-refractivity contribution < 1.29 is 76.3 Å². The Labute approximate surface area is 464 Å². The van der Waals surface area contributed by atoms with Gasteiger partial charge in [-0.15, -0.1) is 0 Å². The van der Waals surface area contributed by atoms with Crippen LogP contribution in [0.5, 0.6) is 0 Å². The van der Waals surface area contributed by atoms with Gasteiger partial charge >= 0.3 is 449 Å². The minimum atomic E-state index is -1.66. The van der Waals surface area contributed by atoms with Crippen LogP contribution in [0, 0.1) is 0 Å². The van der Waals surface area contributed by atoms with Gasteiger partial charge < -0.3 is 0 Å². The van der Waals surface area contributed by atoms with E-state index in [1.54, 1.807) is 24.3 Å². The van der Waals surface area contributed by atoms with E-state index in [1.165, 1.54) is 42.7 Å². The van der Waals surface area contributed by atoms with Gasteiger partial charge in [0, 0.05) is 0 Å². The molecule has 1 atom stereocenters. The fourth-order valence-corrected chi connectivity index (χ4v) is 11.1. The fourth-order valence-electron chi connectivity index (χ4n) is 8.45. The second-order valence-corrected chi connectivity index (χ2v) is 26.3. The Kier molecular flexibility index (Phi) is 22.7. The summed E-state index contributed by atoms with van der Waals surface area (Å²) in [7, 11) is 7.30. The van der Waals surface area contributed by atoms with Crippen molar-refractivity contribution in [3.63, 3.8) is 0 Å². The van der Waals surface area contributed by atoms with Crippen LogP contribution >= 0.6 is 47.8 Å². The molecule has 4 aromatic rings. The van der Waals surface area contributed by atoms with Gasteiger partial charge in [0.2, 0.25) is 0 Å². The maximum absolute atomic E-state index is 14.4. The molecule has 2 N–H and O–H groups in total. The van der Waals surface area contributed by atoms with E-state index in [9.17, 15) is 38.4 Å². The number of halogens is 3. The molecule has 0 spiro atoms. The van der Waals surface area contributed by atoms with Gasteiger partial charge in [-0.2, -0.15) is 0 Å². The van der Waals surface area contributed by atoms with Crippen molar-refractivity contribution in [2.24, 2.45) is 4.99 Å². The quantitative estimate of drug-likeness (QED) is 0.0311. The molecule has 2 aromatic heterocycles. The molecule has 0 bridgehead atoms. The molecular weight excluding hydrogens is 1240 g/mol. The number of ether oxygens (including phenoxy) is 8. The standard InChI is InChI=1S/C52H56Br3N3O16Se/c1-67-40(59)20-17-32-36(24-44(63)71-5)47(49(65)73-28-30-13-9-7-10-14-30)56-38(32)26-51(37(25-45(64)72-6)34(19-22-42(61)69-3)48(58-51)75-31-15-11-8-12-16-31)27-39-35(23-43(62)70-4)33(18-21-41(60)68-2)46(57-39)50(66)74-29-52(53,54)55/h7-16,56-57H,17-29H2,1-6H3. The molecule has 2 aromatic carbocycles. The summed E-state index contributed by atoms with van der Waals surface area (Å²) in [6.07, 6.45) is -2.46. The molecule has 0 saturated heterocycles. The molecule has 75 heavy (non-hydrogen) atoms. The molecule has 0 fully saturated rings. The summed E-state index contributed by atoms with van der Waals surface area (Å²) >= 11 is 9.42. The Morgan fingerprint density at radius 1 is 0.547 bits per heavy atom. The minimum absolute atomic E-state index is 0.0355. The summed E-state index contributed by atoms with van der Waals surface area (Å²) in [6, 6.07) is 18.3. The van der Waals surface area contributed by atoms with E-state index in [0.29, 0.717) is 26.9 Å². The first kappa shape index (κ1) is 60.0. The first-order valence-electron chi connectivity index (χ1n) is 23.2. The van der Waals surface area contributed by atoms with Crippen molar-refractivity contribution >= 4 is 120 Å². The van der Waals surface area contributed by atoms with E-state index in [1.807, 2.05) is 36.4 Å². The van der Waals surface area contributed by atoms with Crippen LogP contribution in [0.2, 0.25) is 0 Å². The summed E-state index contributed by atoms with van der Waals surface area (Å²) in [4.78, 5) is 120. The van der Waals surface area contributed by atoms with E-state index in [2.05, 4.69) is 57.8 Å². The Hall–Kier alpha value is -5.87. The van der Waals surface area contributed by atoms with Gasteiger partial charge in [0.05, 0.1) is 0 Å². The summed E-state index contributed by atoms with van der Waals surface area (Å²) < 4.78 is 42.6. The van der Waals surface area contributed by atoms with Crippen LogP contribution in [-0.2, 0) is 112 Å². The van der Waals surface area contributed by atoms with Crippen LogP contribution < -0.4 is 4.46 Å². The van der Waals surface area contributed by atoms with Crippen molar-refractivity contribution in [3.8, 4) is 0 Å². The molecule has 1 unspecified atom stereocenters. The van der Waals surface area contributed by atoms with Gasteiger partial charge in [-0.05, 0) is 0 Å². The first-order chi connectivity index (χ1) is 35.8. The Morgan fingerprint density at radius 3 is 1.53 bits per heavy atom. The van der Waals surface area contributed by atoms with Crippen LogP contribution in [-0.4, -0.2) is 134 Å². The molecule has 0 amide bonds. The number of methoxy groups -OCH3 is 6. The van der Waals surface area contributed by atoms with Gasteiger partial charge in [-0.25, -0.2) is 0 Å². The Balaban J connectivity index is 1.92. The molecule has 23 heteroatoms. The number of alkyl halides is 3. The zero-order valence-corrected chi connectivity index (χ0v) is 48.5. The number of rotatable bonds is 26. The molecule has 0 saturated carbocycles. The number of carbonyl (C=O) groups excluding carboxylic acids is 8. The molecule has 1 aliphatic rings. The molecule has 19 nitrogen and oxygen atoms in total. The number of aliphatic imine (C=N–C) groups is 1. The zero-order valence-electron chi connectivity index (χ0n) is 42.0. The third-order valence-corrected chi connectivity index (χ3v) is 14.9. The van der Waals surface area contributed by atoms with Gasteiger partial charge in [0.15, 0.2) is 0 Å². The predicted molar refractivity (Wildman–Crippen MR) is 283 cm³/mol. The second-order valence-electron chi connectivity index (χ2n) is 16.8. The number of aromatic amines is 2. The number of esters is 8. The van der Waals surface area contributed by atoms with E-state index in [4.69, 9.17) is 42.9 Å². The normalized spacial score (nSPS) is 14.1. The van der Waals surface area contributed by atoms with E-state index in [0.717, 1.165) is 4.46 Å². The van der Waals surface area contributed by atoms with Crippen molar-refractivity contribution in [1.82, 2.24) is 9.97 Å². The van der Waals surface area contributed by atoms with Crippen LogP contribution in [0.15, 0.2) is 76.8 Å². The number of hydrogen-bond donors (Lipinski definition) is 2. The van der Waals surface area contributed by atoms with Gasteiger partial charge in [-0.1, -0.05) is 18.2 Å². The average Bonchev–Trinajstić information content (AvgIpc) is 4.01. The summed E-state index contributed by atoms with van der Waals surface area (Å²) in [5.41, 5.74) is 1.21. The van der Waals surface area contributed by atoms with Gasteiger partial charge in [0.1, 0.15) is 0 Å². The molecular formula is C52H56Br3N3O16Se. The number of allylic oxidation sites excluding steroid dienone is 1. The number of nitrogens with zero attached hydrogens (tertiary/aromatic N) is 1. The third kappa shape index (κ3) is 16.8. The fraction of sp³-hybridized carbons (Fsp3) is 0.404. The predicted octanol–water partition coefficient (Wildman–Crippen LogP) is 6.12. The number of H-pyrrole nitrogens is 2. The third-order valence-electron chi connectivity index (χ3n) is 12.1. The number of carbonyl (C=O) groups is 8. The molecule has 3 heterocycles. The van der Waals surface area contributed by atoms with E-state index >= 15 is 0 Å². The number of benzene rings is 2. The summed E-state index contributed by atoms with van der Waals surface area (Å²) in [6.45, 7) is -0.387. The average molecular weight is 1300 g/mol. The number of nitrogens with one attached hydrogen (secondary N) is 2. The van der Waals surface area contributed by atoms with Crippen molar-refractivity contribution in [2.75, 3.05) is 49.3 Å². The van der Waals surface area contributed by atoms with Gasteiger partial charge in [0.25, 0.3) is 0 Å². The topological polar surface area (TPSA) is 254 Å². The van der Waals surface area contributed by atoms with Crippen molar-refractivity contribution in [2.45, 2.75) is 84.9 Å².